The van der Waals surface area contributed by atoms with Crippen molar-refractivity contribution in [3.63, 3.8) is 0 Å². The molecule has 1 saturated heterocycles. The number of hydrogen-bond donors (Lipinski definition) is 0. The van der Waals surface area contributed by atoms with Gasteiger partial charge in [0.2, 0.25) is 15.9 Å². The number of amides is 1. The molecule has 156 valence electrons. The van der Waals surface area contributed by atoms with E-state index in [-0.39, 0.29) is 29.6 Å². The van der Waals surface area contributed by atoms with Crippen LogP contribution in [0, 0.1) is 25.5 Å². The van der Waals surface area contributed by atoms with Crippen LogP contribution in [0.3, 0.4) is 0 Å². The summed E-state index contributed by atoms with van der Waals surface area (Å²) in [6, 6.07) is 8.73. The van der Waals surface area contributed by atoms with E-state index in [0.29, 0.717) is 23.5 Å². The monoisotopic (exact) mass is 440 g/mol. The van der Waals surface area contributed by atoms with Gasteiger partial charge in [-0.15, -0.1) is 11.8 Å². The molecule has 1 aliphatic heterocycles. The number of hydrogen-bond acceptors (Lipinski definition) is 4. The zero-order valence-electron chi connectivity index (χ0n) is 16.2. The fourth-order valence-electron chi connectivity index (χ4n) is 3.21. The summed E-state index contributed by atoms with van der Waals surface area (Å²) in [5, 5.41) is 0. The number of thioether (sulfide) groups is 1. The van der Waals surface area contributed by atoms with E-state index in [1.807, 2.05) is 13.0 Å². The molecule has 0 bridgehead atoms. The minimum Gasteiger partial charge on any atom is -0.339 e. The predicted molar refractivity (Wildman–Crippen MR) is 108 cm³/mol. The third-order valence-electron chi connectivity index (χ3n) is 4.79. The molecule has 29 heavy (non-hydrogen) atoms. The van der Waals surface area contributed by atoms with Crippen LogP contribution in [-0.2, 0) is 14.8 Å². The predicted octanol–water partition coefficient (Wildman–Crippen LogP) is 3.21. The van der Waals surface area contributed by atoms with Crippen LogP contribution in [0.1, 0.15) is 11.1 Å². The molecule has 1 heterocycles. The zero-order valence-corrected chi connectivity index (χ0v) is 17.8. The lowest BCUT2D eigenvalue weighted by atomic mass is 10.2. The van der Waals surface area contributed by atoms with Gasteiger partial charge in [0, 0.05) is 31.1 Å². The summed E-state index contributed by atoms with van der Waals surface area (Å²) < 4.78 is 53.5. The van der Waals surface area contributed by atoms with Crippen LogP contribution in [0.2, 0.25) is 0 Å². The summed E-state index contributed by atoms with van der Waals surface area (Å²) in [4.78, 5) is 14.8. The van der Waals surface area contributed by atoms with Gasteiger partial charge in [0.05, 0.1) is 10.6 Å². The van der Waals surface area contributed by atoms with Gasteiger partial charge in [0.1, 0.15) is 0 Å². The number of carbonyl (C=O) groups excluding carboxylic acids is 1. The first kappa shape index (κ1) is 21.7. The van der Waals surface area contributed by atoms with Gasteiger partial charge in [0.15, 0.2) is 11.6 Å². The minimum absolute atomic E-state index is 0.0783. The highest BCUT2D eigenvalue weighted by Gasteiger charge is 2.31. The van der Waals surface area contributed by atoms with Crippen LogP contribution < -0.4 is 0 Å². The van der Waals surface area contributed by atoms with Crippen LogP contribution in [-0.4, -0.2) is 55.5 Å². The molecule has 0 saturated carbocycles. The van der Waals surface area contributed by atoms with E-state index in [0.717, 1.165) is 29.5 Å². The Bertz CT molecular complexity index is 1020. The molecule has 1 fully saturated rings. The molecule has 0 radical (unpaired) electrons. The Morgan fingerprint density at radius 1 is 1.00 bits per heavy atom. The Morgan fingerprint density at radius 2 is 1.69 bits per heavy atom. The molecular formula is C20H22F2N2O3S2. The fraction of sp³-hybridized carbons (Fsp3) is 0.350. The molecule has 0 N–H and O–H groups in total. The molecule has 1 amide bonds. The third-order valence-corrected chi connectivity index (χ3v) is 7.83. The van der Waals surface area contributed by atoms with E-state index in [1.165, 1.54) is 10.4 Å². The number of rotatable bonds is 5. The summed E-state index contributed by atoms with van der Waals surface area (Å²) >= 11 is 1.12. The number of halogens is 2. The van der Waals surface area contributed by atoms with Crippen LogP contribution in [0.4, 0.5) is 8.78 Å². The molecule has 3 rings (SSSR count). The molecule has 0 unspecified atom stereocenters. The molecule has 9 heteroatoms. The van der Waals surface area contributed by atoms with Crippen molar-refractivity contribution in [1.29, 1.82) is 0 Å². The average molecular weight is 441 g/mol. The first-order chi connectivity index (χ1) is 13.7. The van der Waals surface area contributed by atoms with E-state index in [9.17, 15) is 22.0 Å². The Balaban J connectivity index is 1.58. The summed E-state index contributed by atoms with van der Waals surface area (Å²) in [6.45, 7) is 4.71. The number of aryl methyl sites for hydroxylation is 2. The number of benzene rings is 2. The first-order valence-electron chi connectivity index (χ1n) is 9.11. The van der Waals surface area contributed by atoms with Gasteiger partial charge >= 0.3 is 0 Å². The number of sulfonamides is 1. The van der Waals surface area contributed by atoms with E-state index in [4.69, 9.17) is 0 Å². The van der Waals surface area contributed by atoms with Gasteiger partial charge in [-0.25, -0.2) is 17.2 Å². The Hall–Kier alpha value is -1.97. The second-order valence-corrected chi connectivity index (χ2v) is 9.87. The molecule has 0 aromatic heterocycles. The second-order valence-electron chi connectivity index (χ2n) is 6.92. The topological polar surface area (TPSA) is 57.7 Å². The molecule has 2 aromatic rings. The maximum atomic E-state index is 13.3. The van der Waals surface area contributed by atoms with Crippen molar-refractivity contribution in [3.05, 3.63) is 59.2 Å². The largest absolute Gasteiger partial charge is 0.339 e. The van der Waals surface area contributed by atoms with Crippen LogP contribution in [0.25, 0.3) is 0 Å². The average Bonchev–Trinajstić information content (AvgIpc) is 2.68. The SMILES string of the molecule is Cc1ccc(S(=O)(=O)N2CCN(C(=O)CSc3ccc(F)c(F)c3)CC2)c(C)c1. The van der Waals surface area contributed by atoms with Gasteiger partial charge < -0.3 is 4.90 Å². The first-order valence-corrected chi connectivity index (χ1v) is 11.5. The molecule has 0 aliphatic carbocycles. The van der Waals surface area contributed by atoms with Gasteiger partial charge in [-0.2, -0.15) is 4.31 Å². The van der Waals surface area contributed by atoms with Crippen LogP contribution in [0.5, 0.6) is 0 Å². The highest BCUT2D eigenvalue weighted by molar-refractivity contribution is 8.00. The van der Waals surface area contributed by atoms with Gasteiger partial charge in [-0.1, -0.05) is 17.7 Å². The van der Waals surface area contributed by atoms with E-state index >= 15 is 0 Å². The van der Waals surface area contributed by atoms with Crippen molar-refractivity contribution in [2.24, 2.45) is 0 Å². The summed E-state index contributed by atoms with van der Waals surface area (Å²) in [5.74, 6) is -1.97. The quantitative estimate of drug-likeness (QED) is 0.670. The standard InChI is InChI=1S/C20H22F2N2O3S2/c1-14-3-6-19(15(2)11-14)29(26,27)24-9-7-23(8-10-24)20(25)13-28-16-4-5-17(21)18(22)12-16/h3-6,11-12H,7-10,13H2,1-2H3. The lowest BCUT2D eigenvalue weighted by Gasteiger charge is -2.34. The van der Waals surface area contributed by atoms with E-state index in [1.54, 1.807) is 24.0 Å². The summed E-state index contributed by atoms with van der Waals surface area (Å²) in [5.41, 5.74) is 1.70. The van der Waals surface area contributed by atoms with Crippen molar-refractivity contribution in [1.82, 2.24) is 9.21 Å². The van der Waals surface area contributed by atoms with Crippen molar-refractivity contribution >= 4 is 27.7 Å². The normalized spacial score (nSPS) is 15.5. The van der Waals surface area contributed by atoms with Crippen LogP contribution >= 0.6 is 11.8 Å². The smallest absolute Gasteiger partial charge is 0.243 e. The number of nitrogens with zero attached hydrogens (tertiary/aromatic N) is 2. The zero-order chi connectivity index (χ0) is 21.2. The lowest BCUT2D eigenvalue weighted by molar-refractivity contribution is -0.129. The number of carbonyl (C=O) groups is 1. The molecule has 0 atom stereocenters. The molecule has 0 spiro atoms. The van der Waals surface area contributed by atoms with Crippen molar-refractivity contribution in [2.75, 3.05) is 31.9 Å². The number of piperazine rings is 1. The van der Waals surface area contributed by atoms with Crippen molar-refractivity contribution in [3.8, 4) is 0 Å². The second kappa shape index (κ2) is 8.81. The van der Waals surface area contributed by atoms with Crippen molar-refractivity contribution in [2.45, 2.75) is 23.6 Å². The molecule has 1 aliphatic rings. The maximum absolute atomic E-state index is 13.3. The Labute approximate surface area is 173 Å². The summed E-state index contributed by atoms with van der Waals surface area (Å²) in [7, 11) is -3.61. The maximum Gasteiger partial charge on any atom is 0.243 e. The van der Waals surface area contributed by atoms with Gasteiger partial charge in [-0.3, -0.25) is 4.79 Å². The highest BCUT2D eigenvalue weighted by Crippen LogP contribution is 2.24. The molecule has 2 aromatic carbocycles. The molecular weight excluding hydrogens is 418 g/mol. The Morgan fingerprint density at radius 3 is 2.31 bits per heavy atom. The highest BCUT2D eigenvalue weighted by atomic mass is 32.2. The van der Waals surface area contributed by atoms with Crippen molar-refractivity contribution < 1.29 is 22.0 Å². The molecule has 5 nitrogen and oxygen atoms in total. The van der Waals surface area contributed by atoms with Gasteiger partial charge in [-0.05, 0) is 43.7 Å². The van der Waals surface area contributed by atoms with Gasteiger partial charge in [0.25, 0.3) is 0 Å². The lowest BCUT2D eigenvalue weighted by Crippen LogP contribution is -2.51. The Kier molecular flexibility index (Phi) is 6.60. The van der Waals surface area contributed by atoms with E-state index in [2.05, 4.69) is 0 Å². The minimum atomic E-state index is -3.61. The summed E-state index contributed by atoms with van der Waals surface area (Å²) in [6.07, 6.45) is 0. The van der Waals surface area contributed by atoms with E-state index < -0.39 is 21.7 Å². The third kappa shape index (κ3) is 4.96. The van der Waals surface area contributed by atoms with Crippen LogP contribution in [0.15, 0.2) is 46.2 Å². The fourth-order valence-corrected chi connectivity index (χ4v) is 5.66.